The van der Waals surface area contributed by atoms with E-state index in [0.717, 1.165) is 11.1 Å². The van der Waals surface area contributed by atoms with E-state index >= 15 is 0 Å². The molecule has 1 saturated heterocycles. The molecule has 1 aromatic carbocycles. The summed E-state index contributed by atoms with van der Waals surface area (Å²) in [6, 6.07) is 3.14. The van der Waals surface area contributed by atoms with Crippen LogP contribution in [-0.4, -0.2) is 37.0 Å². The Morgan fingerprint density at radius 2 is 2.05 bits per heavy atom. The maximum absolute atomic E-state index is 12.5. The first kappa shape index (κ1) is 14.3. The summed E-state index contributed by atoms with van der Waals surface area (Å²) in [5.74, 6) is 0. The van der Waals surface area contributed by atoms with Crippen LogP contribution in [0.1, 0.15) is 24.0 Å². The molecule has 0 bridgehead atoms. The Kier molecular flexibility index (Phi) is 3.85. The Morgan fingerprint density at radius 3 is 2.63 bits per heavy atom. The van der Waals surface area contributed by atoms with E-state index in [9.17, 15) is 13.5 Å². The topological polar surface area (TPSA) is 83.6 Å². The van der Waals surface area contributed by atoms with Gasteiger partial charge >= 0.3 is 0 Å². The summed E-state index contributed by atoms with van der Waals surface area (Å²) in [6.07, 6.45) is 0.759. The highest BCUT2D eigenvalue weighted by atomic mass is 32.2. The lowest BCUT2D eigenvalue weighted by atomic mass is 10.1. The summed E-state index contributed by atoms with van der Waals surface area (Å²) in [5, 5.41) is 9.61. The standard InChI is InChI=1S/C13H20N2O3S/c1-9-6-12(7-13(14)10(9)2)19(17,18)15-5-3-4-11(16)8-15/h6-7,11,16H,3-5,8,14H2,1-2H3/t11-/m0/s1. The van der Waals surface area contributed by atoms with Crippen molar-refractivity contribution < 1.29 is 13.5 Å². The van der Waals surface area contributed by atoms with E-state index in [2.05, 4.69) is 0 Å². The minimum absolute atomic E-state index is 0.162. The van der Waals surface area contributed by atoms with Gasteiger partial charge in [-0.2, -0.15) is 4.31 Å². The first-order valence-electron chi connectivity index (χ1n) is 6.37. The summed E-state index contributed by atoms with van der Waals surface area (Å²) in [6.45, 7) is 4.32. The number of rotatable bonds is 2. The third-order valence-corrected chi connectivity index (χ3v) is 5.52. The molecule has 5 nitrogen and oxygen atoms in total. The smallest absolute Gasteiger partial charge is 0.243 e. The summed E-state index contributed by atoms with van der Waals surface area (Å²) in [7, 11) is -3.56. The Hall–Kier alpha value is -1.11. The van der Waals surface area contributed by atoms with Crippen LogP contribution in [0.5, 0.6) is 0 Å². The summed E-state index contributed by atoms with van der Waals surface area (Å²) in [5.41, 5.74) is 8.08. The van der Waals surface area contributed by atoms with Crippen LogP contribution in [0, 0.1) is 13.8 Å². The zero-order valence-electron chi connectivity index (χ0n) is 11.3. The fourth-order valence-electron chi connectivity index (χ4n) is 2.29. The van der Waals surface area contributed by atoms with E-state index in [0.29, 0.717) is 25.1 Å². The van der Waals surface area contributed by atoms with Crippen molar-refractivity contribution >= 4 is 15.7 Å². The van der Waals surface area contributed by atoms with Gasteiger partial charge in [0.25, 0.3) is 0 Å². The molecule has 0 aliphatic carbocycles. The molecule has 1 atom stereocenters. The lowest BCUT2D eigenvalue weighted by Crippen LogP contribution is -2.42. The summed E-state index contributed by atoms with van der Waals surface area (Å²) < 4.78 is 26.4. The van der Waals surface area contributed by atoms with Crippen molar-refractivity contribution in [2.75, 3.05) is 18.8 Å². The second-order valence-electron chi connectivity index (χ2n) is 5.11. The number of nitrogens with two attached hydrogens (primary N) is 1. The van der Waals surface area contributed by atoms with E-state index in [1.54, 1.807) is 6.07 Å². The first-order chi connectivity index (χ1) is 8.82. The average Bonchev–Trinajstić information content (AvgIpc) is 2.35. The Bertz CT molecular complexity index is 561. The molecule has 0 radical (unpaired) electrons. The molecule has 2 rings (SSSR count). The molecule has 0 amide bonds. The van der Waals surface area contributed by atoms with Crippen molar-refractivity contribution in [1.82, 2.24) is 4.31 Å². The van der Waals surface area contributed by atoms with Crippen LogP contribution in [0.15, 0.2) is 17.0 Å². The number of sulfonamides is 1. The van der Waals surface area contributed by atoms with E-state index in [1.165, 1.54) is 10.4 Å². The number of anilines is 1. The number of β-amino-alcohol motifs (C(OH)–C–C–N with tert-alkyl or cyclic N) is 1. The summed E-state index contributed by atoms with van der Waals surface area (Å²) in [4.78, 5) is 0.210. The maximum atomic E-state index is 12.5. The Balaban J connectivity index is 2.39. The van der Waals surface area contributed by atoms with Gasteiger partial charge < -0.3 is 10.8 Å². The number of aliphatic hydroxyl groups excluding tert-OH is 1. The molecule has 1 fully saturated rings. The first-order valence-corrected chi connectivity index (χ1v) is 7.81. The number of nitrogens with zero attached hydrogens (tertiary/aromatic N) is 1. The highest BCUT2D eigenvalue weighted by Gasteiger charge is 2.29. The van der Waals surface area contributed by atoms with E-state index in [1.807, 2.05) is 13.8 Å². The average molecular weight is 284 g/mol. The van der Waals surface area contributed by atoms with Gasteiger partial charge in [-0.05, 0) is 49.9 Å². The molecule has 1 heterocycles. The molecular weight excluding hydrogens is 264 g/mol. The van der Waals surface area contributed by atoms with Crippen LogP contribution in [0.2, 0.25) is 0 Å². The minimum Gasteiger partial charge on any atom is -0.398 e. The number of hydrogen-bond acceptors (Lipinski definition) is 4. The van der Waals surface area contributed by atoms with Crippen LogP contribution in [0.4, 0.5) is 5.69 Å². The number of benzene rings is 1. The van der Waals surface area contributed by atoms with Gasteiger partial charge in [-0.3, -0.25) is 0 Å². The molecule has 6 heteroatoms. The predicted molar refractivity (Wildman–Crippen MR) is 74.3 cm³/mol. The zero-order chi connectivity index (χ0) is 14.2. The zero-order valence-corrected chi connectivity index (χ0v) is 12.1. The lowest BCUT2D eigenvalue weighted by molar-refractivity contribution is 0.108. The predicted octanol–water partition coefficient (Wildman–Crippen LogP) is 1.03. The SMILES string of the molecule is Cc1cc(S(=O)(=O)N2CCC[C@H](O)C2)cc(N)c1C. The van der Waals surface area contributed by atoms with Crippen LogP contribution in [-0.2, 0) is 10.0 Å². The van der Waals surface area contributed by atoms with Gasteiger partial charge in [-0.25, -0.2) is 8.42 Å². The van der Waals surface area contributed by atoms with Crippen molar-refractivity contribution in [2.45, 2.75) is 37.7 Å². The van der Waals surface area contributed by atoms with Crippen molar-refractivity contribution in [3.05, 3.63) is 23.3 Å². The van der Waals surface area contributed by atoms with Crippen molar-refractivity contribution in [3.63, 3.8) is 0 Å². The monoisotopic (exact) mass is 284 g/mol. The molecule has 19 heavy (non-hydrogen) atoms. The van der Waals surface area contributed by atoms with E-state index < -0.39 is 16.1 Å². The minimum atomic E-state index is -3.56. The van der Waals surface area contributed by atoms with Gasteiger partial charge in [-0.1, -0.05) is 0 Å². The number of piperidine rings is 1. The van der Waals surface area contributed by atoms with Crippen LogP contribution >= 0.6 is 0 Å². The van der Waals surface area contributed by atoms with Crippen LogP contribution in [0.3, 0.4) is 0 Å². The van der Waals surface area contributed by atoms with E-state index in [-0.39, 0.29) is 11.4 Å². The molecule has 1 aromatic rings. The highest BCUT2D eigenvalue weighted by molar-refractivity contribution is 7.89. The quantitative estimate of drug-likeness (QED) is 0.795. The third kappa shape index (κ3) is 2.75. The van der Waals surface area contributed by atoms with Gasteiger partial charge in [0.1, 0.15) is 0 Å². The van der Waals surface area contributed by atoms with Crippen molar-refractivity contribution in [2.24, 2.45) is 0 Å². The Morgan fingerprint density at radius 1 is 1.37 bits per heavy atom. The summed E-state index contributed by atoms with van der Waals surface area (Å²) >= 11 is 0. The normalized spacial score (nSPS) is 21.5. The molecule has 3 N–H and O–H groups in total. The van der Waals surface area contributed by atoms with E-state index in [4.69, 9.17) is 5.73 Å². The number of hydrogen-bond donors (Lipinski definition) is 2. The molecule has 0 aromatic heterocycles. The van der Waals surface area contributed by atoms with Gasteiger partial charge in [0, 0.05) is 18.8 Å². The van der Waals surface area contributed by atoms with Crippen LogP contribution in [0.25, 0.3) is 0 Å². The highest BCUT2D eigenvalue weighted by Crippen LogP contribution is 2.26. The van der Waals surface area contributed by atoms with Crippen molar-refractivity contribution in [3.8, 4) is 0 Å². The maximum Gasteiger partial charge on any atom is 0.243 e. The number of nitrogen functional groups attached to an aromatic ring is 1. The number of aliphatic hydroxyl groups is 1. The molecule has 0 unspecified atom stereocenters. The molecule has 1 aliphatic rings. The van der Waals surface area contributed by atoms with Gasteiger partial charge in [-0.15, -0.1) is 0 Å². The Labute approximate surface area is 114 Å². The molecule has 0 spiro atoms. The molecule has 0 saturated carbocycles. The number of aryl methyl sites for hydroxylation is 1. The molecule has 1 aliphatic heterocycles. The van der Waals surface area contributed by atoms with Gasteiger partial charge in [0.2, 0.25) is 10.0 Å². The fourth-order valence-corrected chi connectivity index (χ4v) is 3.93. The van der Waals surface area contributed by atoms with Crippen LogP contribution < -0.4 is 5.73 Å². The van der Waals surface area contributed by atoms with Gasteiger partial charge in [0.15, 0.2) is 0 Å². The molecular formula is C13H20N2O3S. The third-order valence-electron chi connectivity index (χ3n) is 3.68. The second-order valence-corrected chi connectivity index (χ2v) is 7.05. The fraction of sp³-hybridized carbons (Fsp3) is 0.538. The van der Waals surface area contributed by atoms with Crippen molar-refractivity contribution in [1.29, 1.82) is 0 Å². The van der Waals surface area contributed by atoms with Gasteiger partial charge in [0.05, 0.1) is 11.0 Å². The second kappa shape index (κ2) is 5.11. The lowest BCUT2D eigenvalue weighted by Gasteiger charge is -2.29. The largest absolute Gasteiger partial charge is 0.398 e. The molecule has 106 valence electrons.